The van der Waals surface area contributed by atoms with E-state index < -0.39 is 9.84 Å². The molecule has 0 spiro atoms. The Morgan fingerprint density at radius 1 is 1.03 bits per heavy atom. The minimum atomic E-state index is -2.87. The predicted molar refractivity (Wildman–Crippen MR) is 125 cm³/mol. The third-order valence-corrected chi connectivity index (χ3v) is 9.15. The number of carbonyl (C=O) groups is 1. The fourth-order valence-corrected chi connectivity index (χ4v) is 7.26. The first-order valence-electron chi connectivity index (χ1n) is 10.7. The molecule has 3 heterocycles. The van der Waals surface area contributed by atoms with E-state index in [-0.39, 0.29) is 23.6 Å². The van der Waals surface area contributed by atoms with Gasteiger partial charge in [-0.1, -0.05) is 12.1 Å². The Kier molecular flexibility index (Phi) is 5.54. The molecule has 1 N–H and O–H groups in total. The van der Waals surface area contributed by atoms with Crippen molar-refractivity contribution in [3.63, 3.8) is 0 Å². The lowest BCUT2D eigenvalue weighted by Gasteiger charge is -2.34. The zero-order valence-corrected chi connectivity index (χ0v) is 18.8. The van der Waals surface area contributed by atoms with Crippen LogP contribution >= 0.6 is 11.3 Å². The highest BCUT2D eigenvalue weighted by Gasteiger charge is 2.35. The standard InChI is InChI=1S/C23H25N3O3S2/c27-22(16-9-12-26(13-10-16)19-11-14-31(28,29)15-19)24-18-7-5-17(6-8-18)23-25-20-3-1-2-4-21(20)30-23/h1-8,16,19H,9-15H2,(H,24,27)/t19-/m1/s1. The highest BCUT2D eigenvalue weighted by atomic mass is 32.2. The summed E-state index contributed by atoms with van der Waals surface area (Å²) in [5.41, 5.74) is 2.83. The molecule has 2 fully saturated rings. The number of nitrogens with zero attached hydrogens (tertiary/aromatic N) is 2. The van der Waals surface area contributed by atoms with E-state index in [9.17, 15) is 13.2 Å². The molecule has 2 saturated heterocycles. The number of thiazole rings is 1. The second-order valence-corrected chi connectivity index (χ2v) is 11.7. The van der Waals surface area contributed by atoms with Crippen molar-refractivity contribution < 1.29 is 13.2 Å². The molecule has 0 radical (unpaired) electrons. The summed E-state index contributed by atoms with van der Waals surface area (Å²) in [5.74, 6) is 0.584. The van der Waals surface area contributed by atoms with Gasteiger partial charge in [0.15, 0.2) is 9.84 Å². The molecule has 3 aromatic rings. The third kappa shape index (κ3) is 4.51. The molecule has 2 aliphatic rings. The lowest BCUT2D eigenvalue weighted by atomic mass is 9.94. The van der Waals surface area contributed by atoms with Crippen molar-refractivity contribution in [3.05, 3.63) is 48.5 Å². The highest BCUT2D eigenvalue weighted by Crippen LogP contribution is 2.31. The minimum Gasteiger partial charge on any atom is -0.326 e. The maximum atomic E-state index is 12.7. The van der Waals surface area contributed by atoms with Crippen LogP contribution in [0.5, 0.6) is 0 Å². The van der Waals surface area contributed by atoms with Crippen LogP contribution in [-0.4, -0.2) is 54.8 Å². The first-order chi connectivity index (χ1) is 15.0. The topological polar surface area (TPSA) is 79.4 Å². The number of nitrogens with one attached hydrogen (secondary N) is 1. The van der Waals surface area contributed by atoms with Gasteiger partial charge in [-0.2, -0.15) is 0 Å². The number of fused-ring (bicyclic) bond motifs is 1. The van der Waals surface area contributed by atoms with Gasteiger partial charge in [0, 0.05) is 23.2 Å². The zero-order valence-electron chi connectivity index (χ0n) is 17.2. The number of hydrogen-bond donors (Lipinski definition) is 1. The van der Waals surface area contributed by atoms with Crippen LogP contribution in [0.3, 0.4) is 0 Å². The molecule has 2 aliphatic heterocycles. The van der Waals surface area contributed by atoms with Crippen LogP contribution in [-0.2, 0) is 14.6 Å². The minimum absolute atomic E-state index is 0.0294. The van der Waals surface area contributed by atoms with Gasteiger partial charge < -0.3 is 5.32 Å². The number of aromatic nitrogens is 1. The molecule has 5 rings (SSSR count). The van der Waals surface area contributed by atoms with E-state index in [4.69, 9.17) is 0 Å². The van der Waals surface area contributed by atoms with Crippen LogP contribution < -0.4 is 5.32 Å². The number of carbonyl (C=O) groups excluding carboxylic acids is 1. The number of rotatable bonds is 4. The maximum absolute atomic E-state index is 12.7. The van der Waals surface area contributed by atoms with Gasteiger partial charge in [0.05, 0.1) is 21.7 Å². The number of anilines is 1. The molecule has 6 nitrogen and oxygen atoms in total. The van der Waals surface area contributed by atoms with Crippen LogP contribution in [0, 0.1) is 5.92 Å². The van der Waals surface area contributed by atoms with E-state index in [1.54, 1.807) is 11.3 Å². The largest absolute Gasteiger partial charge is 0.326 e. The van der Waals surface area contributed by atoms with E-state index in [0.717, 1.165) is 58.8 Å². The molecule has 0 saturated carbocycles. The van der Waals surface area contributed by atoms with Gasteiger partial charge in [0.1, 0.15) is 5.01 Å². The van der Waals surface area contributed by atoms with Gasteiger partial charge >= 0.3 is 0 Å². The molecule has 1 atom stereocenters. The van der Waals surface area contributed by atoms with Gasteiger partial charge in [-0.25, -0.2) is 13.4 Å². The summed E-state index contributed by atoms with van der Waals surface area (Å²) in [7, 11) is -2.87. The van der Waals surface area contributed by atoms with Crippen molar-refractivity contribution >= 4 is 43.0 Å². The summed E-state index contributed by atoms with van der Waals surface area (Å²) in [6.07, 6.45) is 2.26. The normalized spacial score (nSPS) is 22.0. The average molecular weight is 456 g/mol. The summed E-state index contributed by atoms with van der Waals surface area (Å²) >= 11 is 1.66. The number of piperidine rings is 1. The van der Waals surface area contributed by atoms with Gasteiger partial charge in [0.25, 0.3) is 0 Å². The summed E-state index contributed by atoms with van der Waals surface area (Å²) in [6.45, 7) is 1.57. The Morgan fingerprint density at radius 3 is 2.45 bits per heavy atom. The highest BCUT2D eigenvalue weighted by molar-refractivity contribution is 7.91. The van der Waals surface area contributed by atoms with Crippen molar-refractivity contribution in [1.82, 2.24) is 9.88 Å². The zero-order chi connectivity index (χ0) is 21.4. The molecule has 162 valence electrons. The number of para-hydroxylation sites is 1. The second-order valence-electron chi connectivity index (χ2n) is 8.42. The first-order valence-corrected chi connectivity index (χ1v) is 13.3. The summed E-state index contributed by atoms with van der Waals surface area (Å²) in [5, 5.41) is 4.02. The Balaban J connectivity index is 1.17. The van der Waals surface area contributed by atoms with Crippen LogP contribution in [0.25, 0.3) is 20.8 Å². The van der Waals surface area contributed by atoms with Gasteiger partial charge in [0.2, 0.25) is 5.91 Å². The number of hydrogen-bond acceptors (Lipinski definition) is 6. The Hall–Kier alpha value is -2.29. The SMILES string of the molecule is O=C(Nc1ccc(-c2nc3ccccc3s2)cc1)C1CCN([C@@H]2CCS(=O)(=O)C2)CC1. The van der Waals surface area contributed by atoms with Crippen LogP contribution in [0.4, 0.5) is 5.69 Å². The average Bonchev–Trinajstić information content (AvgIpc) is 3.37. The smallest absolute Gasteiger partial charge is 0.227 e. The summed E-state index contributed by atoms with van der Waals surface area (Å²) in [6, 6.07) is 16.1. The van der Waals surface area contributed by atoms with E-state index in [1.807, 2.05) is 42.5 Å². The van der Waals surface area contributed by atoms with E-state index in [0.29, 0.717) is 5.75 Å². The van der Waals surface area contributed by atoms with Crippen LogP contribution in [0.1, 0.15) is 19.3 Å². The van der Waals surface area contributed by atoms with E-state index in [1.165, 1.54) is 0 Å². The molecule has 8 heteroatoms. The van der Waals surface area contributed by atoms with Crippen LogP contribution in [0.15, 0.2) is 48.5 Å². The van der Waals surface area contributed by atoms with E-state index in [2.05, 4.69) is 21.3 Å². The summed E-state index contributed by atoms with van der Waals surface area (Å²) in [4.78, 5) is 19.7. The quantitative estimate of drug-likeness (QED) is 0.647. The Labute approximate surface area is 186 Å². The molecule has 0 aliphatic carbocycles. The van der Waals surface area contributed by atoms with Gasteiger partial charge in [-0.3, -0.25) is 9.69 Å². The number of amides is 1. The first kappa shape index (κ1) is 20.6. The third-order valence-electron chi connectivity index (χ3n) is 6.32. The number of benzene rings is 2. The van der Waals surface area contributed by atoms with E-state index >= 15 is 0 Å². The molecule has 0 bridgehead atoms. The van der Waals surface area contributed by atoms with Crippen molar-refractivity contribution in [2.45, 2.75) is 25.3 Å². The van der Waals surface area contributed by atoms with Crippen LogP contribution in [0.2, 0.25) is 0 Å². The molecule has 1 aromatic heterocycles. The van der Waals surface area contributed by atoms with Crippen molar-refractivity contribution in [1.29, 1.82) is 0 Å². The fraction of sp³-hybridized carbons (Fsp3) is 0.391. The predicted octanol–water partition coefficient (Wildman–Crippen LogP) is 3.80. The fourth-order valence-electron chi connectivity index (χ4n) is 4.53. The summed E-state index contributed by atoms with van der Waals surface area (Å²) < 4.78 is 24.6. The second kappa shape index (κ2) is 8.33. The van der Waals surface area contributed by atoms with Crippen molar-refractivity contribution in [2.75, 3.05) is 29.9 Å². The van der Waals surface area contributed by atoms with Crippen molar-refractivity contribution in [3.8, 4) is 10.6 Å². The maximum Gasteiger partial charge on any atom is 0.227 e. The Morgan fingerprint density at radius 2 is 1.77 bits per heavy atom. The lowest BCUT2D eigenvalue weighted by Crippen LogP contribution is -2.44. The monoisotopic (exact) mass is 455 g/mol. The Bertz CT molecular complexity index is 1160. The lowest BCUT2D eigenvalue weighted by molar-refractivity contribution is -0.121. The molecule has 0 unspecified atom stereocenters. The molecular weight excluding hydrogens is 430 g/mol. The molecule has 2 aromatic carbocycles. The molecule has 1 amide bonds. The molecular formula is C23H25N3O3S2. The van der Waals surface area contributed by atoms with Gasteiger partial charge in [-0.05, 0) is 68.8 Å². The number of likely N-dealkylation sites (tertiary alicyclic amines) is 1. The van der Waals surface area contributed by atoms with Gasteiger partial charge in [-0.15, -0.1) is 11.3 Å². The van der Waals surface area contributed by atoms with Crippen molar-refractivity contribution in [2.24, 2.45) is 5.92 Å². The number of sulfone groups is 1. The molecule has 31 heavy (non-hydrogen) atoms.